The predicted molar refractivity (Wildman–Crippen MR) is 53.8 cm³/mol. The molecular formula is C9H20O2Si. The van der Waals surface area contributed by atoms with Gasteiger partial charge in [0.1, 0.15) is 6.29 Å². The average molecular weight is 188 g/mol. The van der Waals surface area contributed by atoms with Crippen LogP contribution < -0.4 is 0 Å². The van der Waals surface area contributed by atoms with Crippen LogP contribution in [0.5, 0.6) is 0 Å². The van der Waals surface area contributed by atoms with Gasteiger partial charge in [-0.3, -0.25) is 0 Å². The minimum absolute atomic E-state index is 0.166. The highest BCUT2D eigenvalue weighted by Gasteiger charge is 2.19. The summed E-state index contributed by atoms with van der Waals surface area (Å²) in [4.78, 5) is 10.3. The highest BCUT2D eigenvalue weighted by molar-refractivity contribution is 6.69. The lowest BCUT2D eigenvalue weighted by Crippen LogP contribution is -2.32. The SMILES string of the molecule is CCCC(CC=O)O[Si](C)(C)C. The quantitative estimate of drug-likeness (QED) is 0.473. The van der Waals surface area contributed by atoms with Crippen LogP contribution in [0.25, 0.3) is 0 Å². The van der Waals surface area contributed by atoms with E-state index in [0.29, 0.717) is 6.42 Å². The molecular weight excluding hydrogens is 168 g/mol. The van der Waals surface area contributed by atoms with Crippen molar-refractivity contribution in [2.75, 3.05) is 0 Å². The molecule has 0 N–H and O–H groups in total. The normalized spacial score (nSPS) is 14.3. The van der Waals surface area contributed by atoms with Crippen LogP contribution in [0.3, 0.4) is 0 Å². The van der Waals surface area contributed by atoms with Crippen LogP contribution in [0, 0.1) is 0 Å². The van der Waals surface area contributed by atoms with Crippen molar-refractivity contribution in [1.82, 2.24) is 0 Å². The molecule has 0 spiro atoms. The molecule has 0 aliphatic rings. The summed E-state index contributed by atoms with van der Waals surface area (Å²) in [7, 11) is -1.45. The highest BCUT2D eigenvalue weighted by atomic mass is 28.4. The molecule has 1 atom stereocenters. The summed E-state index contributed by atoms with van der Waals surface area (Å²) in [5.41, 5.74) is 0. The smallest absolute Gasteiger partial charge is 0.184 e. The van der Waals surface area contributed by atoms with Crippen LogP contribution in [0.15, 0.2) is 0 Å². The van der Waals surface area contributed by atoms with Gasteiger partial charge in [-0.25, -0.2) is 0 Å². The Morgan fingerprint density at radius 2 is 2.00 bits per heavy atom. The second kappa shape index (κ2) is 5.49. The van der Waals surface area contributed by atoms with E-state index in [2.05, 4.69) is 26.6 Å². The van der Waals surface area contributed by atoms with Gasteiger partial charge in [-0.1, -0.05) is 13.3 Å². The van der Waals surface area contributed by atoms with E-state index in [-0.39, 0.29) is 6.10 Å². The van der Waals surface area contributed by atoms with E-state index < -0.39 is 8.32 Å². The Labute approximate surface area is 76.4 Å². The minimum atomic E-state index is -1.45. The molecule has 0 fully saturated rings. The van der Waals surface area contributed by atoms with Gasteiger partial charge < -0.3 is 9.22 Å². The molecule has 0 rings (SSSR count). The lowest BCUT2D eigenvalue weighted by atomic mass is 10.2. The van der Waals surface area contributed by atoms with Crippen LogP contribution >= 0.6 is 0 Å². The molecule has 0 aliphatic heterocycles. The molecule has 0 aliphatic carbocycles. The lowest BCUT2D eigenvalue weighted by Gasteiger charge is -2.24. The standard InChI is InChI=1S/C9H20O2Si/c1-5-6-9(7-8-10)11-12(2,3)4/h8-9H,5-7H2,1-4H3. The van der Waals surface area contributed by atoms with E-state index in [9.17, 15) is 4.79 Å². The van der Waals surface area contributed by atoms with Gasteiger partial charge in [-0.15, -0.1) is 0 Å². The zero-order valence-corrected chi connectivity index (χ0v) is 9.59. The molecule has 0 bridgehead atoms. The van der Waals surface area contributed by atoms with Crippen molar-refractivity contribution >= 4 is 14.6 Å². The van der Waals surface area contributed by atoms with E-state index >= 15 is 0 Å². The van der Waals surface area contributed by atoms with Crippen molar-refractivity contribution in [3.05, 3.63) is 0 Å². The van der Waals surface area contributed by atoms with Gasteiger partial charge in [0.25, 0.3) is 0 Å². The van der Waals surface area contributed by atoms with E-state index in [1.807, 2.05) is 0 Å². The zero-order chi connectivity index (χ0) is 9.61. The molecule has 0 aromatic carbocycles. The summed E-state index contributed by atoms with van der Waals surface area (Å²) in [6, 6.07) is 0. The fraction of sp³-hybridized carbons (Fsp3) is 0.889. The first-order valence-corrected chi connectivity index (χ1v) is 8.02. The molecule has 0 aromatic rings. The van der Waals surface area contributed by atoms with Gasteiger partial charge in [-0.2, -0.15) is 0 Å². The largest absolute Gasteiger partial charge is 0.414 e. The first kappa shape index (κ1) is 11.8. The number of carbonyl (C=O) groups is 1. The molecule has 0 aromatic heterocycles. The van der Waals surface area contributed by atoms with Crippen molar-refractivity contribution in [3.8, 4) is 0 Å². The second-order valence-corrected chi connectivity index (χ2v) is 8.50. The van der Waals surface area contributed by atoms with Gasteiger partial charge in [0.2, 0.25) is 0 Å². The van der Waals surface area contributed by atoms with Crippen molar-refractivity contribution in [3.63, 3.8) is 0 Å². The molecule has 0 amide bonds. The van der Waals surface area contributed by atoms with Crippen molar-refractivity contribution in [2.24, 2.45) is 0 Å². The summed E-state index contributed by atoms with van der Waals surface area (Å²) in [5.74, 6) is 0. The monoisotopic (exact) mass is 188 g/mol. The van der Waals surface area contributed by atoms with Crippen LogP contribution in [0.4, 0.5) is 0 Å². The molecule has 0 saturated carbocycles. The van der Waals surface area contributed by atoms with Crippen molar-refractivity contribution in [2.45, 2.75) is 51.9 Å². The molecule has 0 radical (unpaired) electrons. The van der Waals surface area contributed by atoms with Crippen molar-refractivity contribution < 1.29 is 9.22 Å². The molecule has 12 heavy (non-hydrogen) atoms. The Morgan fingerprint density at radius 1 is 1.42 bits per heavy atom. The first-order chi connectivity index (χ1) is 5.49. The van der Waals surface area contributed by atoms with E-state index in [4.69, 9.17) is 4.43 Å². The topological polar surface area (TPSA) is 26.3 Å². The Kier molecular flexibility index (Phi) is 5.42. The third-order valence-electron chi connectivity index (χ3n) is 1.49. The maximum atomic E-state index is 10.3. The third kappa shape index (κ3) is 6.55. The van der Waals surface area contributed by atoms with Crippen LogP contribution in [-0.2, 0) is 9.22 Å². The number of hydrogen-bond acceptors (Lipinski definition) is 2. The van der Waals surface area contributed by atoms with E-state index in [0.717, 1.165) is 19.1 Å². The Bertz CT molecular complexity index is 129. The van der Waals surface area contributed by atoms with Crippen LogP contribution in [0.1, 0.15) is 26.2 Å². The number of hydrogen-bond donors (Lipinski definition) is 0. The third-order valence-corrected chi connectivity index (χ3v) is 2.53. The van der Waals surface area contributed by atoms with Crippen molar-refractivity contribution in [1.29, 1.82) is 0 Å². The molecule has 0 saturated heterocycles. The maximum absolute atomic E-state index is 10.3. The highest BCUT2D eigenvalue weighted by Crippen LogP contribution is 2.13. The summed E-state index contributed by atoms with van der Waals surface area (Å²) < 4.78 is 5.83. The zero-order valence-electron chi connectivity index (χ0n) is 8.59. The van der Waals surface area contributed by atoms with Gasteiger partial charge in [-0.05, 0) is 26.1 Å². The predicted octanol–water partition coefficient (Wildman–Crippen LogP) is 2.60. The summed E-state index contributed by atoms with van der Waals surface area (Å²) in [6.07, 6.45) is 3.77. The molecule has 3 heteroatoms. The molecule has 0 heterocycles. The minimum Gasteiger partial charge on any atom is -0.414 e. The Hall–Kier alpha value is -0.153. The maximum Gasteiger partial charge on any atom is 0.184 e. The van der Waals surface area contributed by atoms with Crippen LogP contribution in [-0.4, -0.2) is 20.7 Å². The van der Waals surface area contributed by atoms with Gasteiger partial charge in [0.05, 0.1) is 6.10 Å². The summed E-state index contributed by atoms with van der Waals surface area (Å²) >= 11 is 0. The molecule has 1 unspecified atom stereocenters. The van der Waals surface area contributed by atoms with E-state index in [1.165, 1.54) is 0 Å². The fourth-order valence-corrected chi connectivity index (χ4v) is 2.37. The fourth-order valence-electron chi connectivity index (χ4n) is 1.15. The summed E-state index contributed by atoms with van der Waals surface area (Å²) in [6.45, 7) is 8.58. The lowest BCUT2D eigenvalue weighted by molar-refractivity contribution is -0.109. The van der Waals surface area contributed by atoms with Gasteiger partial charge >= 0.3 is 0 Å². The number of aldehydes is 1. The molecule has 2 nitrogen and oxygen atoms in total. The van der Waals surface area contributed by atoms with Gasteiger partial charge in [0.15, 0.2) is 8.32 Å². The van der Waals surface area contributed by atoms with Gasteiger partial charge in [0, 0.05) is 6.42 Å². The first-order valence-electron chi connectivity index (χ1n) is 4.61. The molecule has 72 valence electrons. The summed E-state index contributed by atoms with van der Waals surface area (Å²) in [5, 5.41) is 0. The number of rotatable bonds is 6. The Morgan fingerprint density at radius 3 is 2.33 bits per heavy atom. The number of carbonyl (C=O) groups excluding carboxylic acids is 1. The average Bonchev–Trinajstić information content (AvgIpc) is 1.84. The van der Waals surface area contributed by atoms with Crippen LogP contribution in [0.2, 0.25) is 19.6 Å². The second-order valence-electron chi connectivity index (χ2n) is 4.04. The Balaban J connectivity index is 3.85. The van der Waals surface area contributed by atoms with E-state index in [1.54, 1.807) is 0 Å².